The van der Waals surface area contributed by atoms with Crippen molar-refractivity contribution in [2.45, 2.75) is 18.9 Å². The van der Waals surface area contributed by atoms with Gasteiger partial charge in [0.25, 0.3) is 5.56 Å². The normalized spacial score (nSPS) is 16.0. The molecule has 0 saturated carbocycles. The van der Waals surface area contributed by atoms with Crippen LogP contribution in [0.5, 0.6) is 0 Å². The SMILES string of the molecule is O=c1c2c(Cl)ccn2nc([C@@H]2CCCN2c2ncnc3nc[nH]c23)n1-c1ccccn1.S. The van der Waals surface area contributed by atoms with Crippen molar-refractivity contribution in [3.05, 3.63) is 70.5 Å². The molecule has 1 fully saturated rings. The number of imidazole rings is 1. The van der Waals surface area contributed by atoms with E-state index in [0.29, 0.717) is 27.8 Å². The summed E-state index contributed by atoms with van der Waals surface area (Å²) in [7, 11) is 0. The molecular weight excluding hydrogens is 450 g/mol. The predicted octanol–water partition coefficient (Wildman–Crippen LogP) is 2.65. The van der Waals surface area contributed by atoms with E-state index in [4.69, 9.17) is 16.7 Å². The van der Waals surface area contributed by atoms with E-state index in [2.05, 4.69) is 29.8 Å². The lowest BCUT2D eigenvalue weighted by Gasteiger charge is -2.27. The number of hydrogen-bond donors (Lipinski definition) is 1. The molecule has 1 N–H and O–H groups in total. The van der Waals surface area contributed by atoms with Crippen molar-refractivity contribution in [2.75, 3.05) is 11.4 Å². The molecule has 6 rings (SSSR count). The van der Waals surface area contributed by atoms with Gasteiger partial charge in [-0.3, -0.25) is 4.79 Å². The lowest BCUT2D eigenvalue weighted by atomic mass is 10.2. The predicted molar refractivity (Wildman–Crippen MR) is 125 cm³/mol. The number of hydrogen-bond acceptors (Lipinski definition) is 7. The second kappa shape index (κ2) is 7.92. The van der Waals surface area contributed by atoms with E-state index in [1.165, 1.54) is 6.33 Å². The summed E-state index contributed by atoms with van der Waals surface area (Å²) in [6.07, 6.45) is 8.18. The number of anilines is 1. The molecule has 6 heterocycles. The van der Waals surface area contributed by atoms with E-state index in [9.17, 15) is 4.79 Å². The van der Waals surface area contributed by atoms with Crippen LogP contribution in [0.1, 0.15) is 24.7 Å². The minimum Gasteiger partial charge on any atom is -0.344 e. The lowest BCUT2D eigenvalue weighted by molar-refractivity contribution is 0.598. The fraction of sp³-hybridized carbons (Fsp3) is 0.200. The average Bonchev–Trinajstić information content (AvgIpc) is 3.53. The van der Waals surface area contributed by atoms with Crippen LogP contribution in [0, 0.1) is 0 Å². The van der Waals surface area contributed by atoms with Crippen LogP contribution >= 0.6 is 25.1 Å². The topological polar surface area (TPSA) is 110 Å². The molecule has 0 spiro atoms. The van der Waals surface area contributed by atoms with Crippen LogP contribution in [0.4, 0.5) is 5.82 Å². The Morgan fingerprint density at radius 3 is 2.88 bits per heavy atom. The number of aromatic amines is 1. The summed E-state index contributed by atoms with van der Waals surface area (Å²) in [4.78, 5) is 36.2. The van der Waals surface area contributed by atoms with Gasteiger partial charge in [0.15, 0.2) is 17.3 Å². The van der Waals surface area contributed by atoms with Gasteiger partial charge in [0, 0.05) is 18.9 Å². The second-order valence-corrected chi connectivity index (χ2v) is 7.70. The summed E-state index contributed by atoms with van der Waals surface area (Å²) in [6.45, 7) is 0.762. The van der Waals surface area contributed by atoms with Crippen molar-refractivity contribution < 1.29 is 0 Å². The highest BCUT2D eigenvalue weighted by Crippen LogP contribution is 2.36. The summed E-state index contributed by atoms with van der Waals surface area (Å²) in [5.41, 5.74) is 1.41. The Labute approximate surface area is 193 Å². The van der Waals surface area contributed by atoms with Crippen molar-refractivity contribution >= 4 is 47.6 Å². The van der Waals surface area contributed by atoms with Crippen LogP contribution in [0.15, 0.2) is 54.1 Å². The summed E-state index contributed by atoms with van der Waals surface area (Å²) in [6, 6.07) is 6.91. The Morgan fingerprint density at radius 2 is 2.03 bits per heavy atom. The van der Waals surface area contributed by atoms with E-state index in [1.54, 1.807) is 39.9 Å². The van der Waals surface area contributed by atoms with Gasteiger partial charge >= 0.3 is 0 Å². The maximum atomic E-state index is 13.5. The second-order valence-electron chi connectivity index (χ2n) is 7.29. The monoisotopic (exact) mass is 467 g/mol. The number of nitrogens with one attached hydrogen (secondary N) is 1. The van der Waals surface area contributed by atoms with Crippen LogP contribution in [0.3, 0.4) is 0 Å². The van der Waals surface area contributed by atoms with Crippen molar-refractivity contribution in [2.24, 2.45) is 0 Å². The molecule has 12 heteroatoms. The molecule has 1 saturated heterocycles. The lowest BCUT2D eigenvalue weighted by Crippen LogP contribution is -2.33. The zero-order valence-electron chi connectivity index (χ0n) is 16.7. The van der Waals surface area contributed by atoms with Crippen molar-refractivity contribution in [1.82, 2.24) is 39.1 Å². The highest BCUT2D eigenvalue weighted by Gasteiger charge is 2.34. The Hall–Kier alpha value is -3.44. The molecule has 10 nitrogen and oxygen atoms in total. The molecule has 0 bridgehead atoms. The zero-order chi connectivity index (χ0) is 20.9. The van der Waals surface area contributed by atoms with E-state index < -0.39 is 0 Å². The van der Waals surface area contributed by atoms with Gasteiger partial charge in [-0.25, -0.2) is 29.0 Å². The first-order chi connectivity index (χ1) is 15.2. The molecular formula is C20H18ClN9OS. The minimum absolute atomic E-state index is 0. The third-order valence-electron chi connectivity index (χ3n) is 5.57. The first-order valence-corrected chi connectivity index (χ1v) is 10.2. The van der Waals surface area contributed by atoms with Gasteiger partial charge in [0.05, 0.1) is 17.4 Å². The Bertz CT molecular complexity index is 1480. The van der Waals surface area contributed by atoms with Crippen molar-refractivity contribution in [3.8, 4) is 5.82 Å². The fourth-order valence-corrected chi connectivity index (χ4v) is 4.45. The number of fused-ring (bicyclic) bond motifs is 2. The van der Waals surface area contributed by atoms with Gasteiger partial charge in [0.2, 0.25) is 0 Å². The molecule has 0 radical (unpaired) electrons. The number of rotatable bonds is 3. The molecule has 0 aromatic carbocycles. The largest absolute Gasteiger partial charge is 0.344 e. The maximum absolute atomic E-state index is 13.5. The molecule has 0 unspecified atom stereocenters. The molecule has 0 amide bonds. The molecule has 1 atom stereocenters. The van der Waals surface area contributed by atoms with Crippen LogP contribution in [-0.2, 0) is 0 Å². The first-order valence-electron chi connectivity index (χ1n) is 9.84. The van der Waals surface area contributed by atoms with Gasteiger partial charge in [0.1, 0.15) is 23.2 Å². The van der Waals surface area contributed by atoms with Gasteiger partial charge in [-0.2, -0.15) is 18.6 Å². The molecule has 1 aliphatic heterocycles. The van der Waals surface area contributed by atoms with Gasteiger partial charge < -0.3 is 9.88 Å². The quantitative estimate of drug-likeness (QED) is 0.434. The van der Waals surface area contributed by atoms with Crippen LogP contribution in [-0.4, -0.2) is 45.6 Å². The average molecular weight is 468 g/mol. The van der Waals surface area contributed by atoms with Crippen molar-refractivity contribution in [3.63, 3.8) is 0 Å². The van der Waals surface area contributed by atoms with E-state index >= 15 is 0 Å². The van der Waals surface area contributed by atoms with Gasteiger partial charge in [-0.1, -0.05) is 17.7 Å². The molecule has 5 aromatic heterocycles. The van der Waals surface area contributed by atoms with Crippen LogP contribution in [0.2, 0.25) is 5.02 Å². The fourth-order valence-electron chi connectivity index (χ4n) is 4.23. The molecule has 162 valence electrons. The minimum atomic E-state index is -0.264. The Kier molecular flexibility index (Phi) is 5.06. The molecule has 5 aromatic rings. The number of halogens is 1. The van der Waals surface area contributed by atoms with Gasteiger partial charge in [-0.15, -0.1) is 0 Å². The molecule has 0 aliphatic carbocycles. The Balaban J connectivity index is 0.00000216. The third-order valence-corrected chi connectivity index (χ3v) is 5.87. The molecule has 1 aliphatic rings. The summed E-state index contributed by atoms with van der Waals surface area (Å²) in [5, 5.41) is 5.16. The number of H-pyrrole nitrogens is 1. The summed E-state index contributed by atoms with van der Waals surface area (Å²) < 4.78 is 3.09. The number of aromatic nitrogens is 8. The zero-order valence-corrected chi connectivity index (χ0v) is 18.4. The summed E-state index contributed by atoms with van der Waals surface area (Å²) in [5.74, 6) is 1.81. The smallest absolute Gasteiger partial charge is 0.285 e. The number of pyridine rings is 1. The number of nitrogens with zero attached hydrogens (tertiary/aromatic N) is 8. The van der Waals surface area contributed by atoms with Gasteiger partial charge in [-0.05, 0) is 31.0 Å². The maximum Gasteiger partial charge on any atom is 0.285 e. The highest BCUT2D eigenvalue weighted by atomic mass is 35.5. The first kappa shape index (κ1) is 20.5. The summed E-state index contributed by atoms with van der Waals surface area (Å²) >= 11 is 6.29. The highest BCUT2D eigenvalue weighted by molar-refractivity contribution is 7.59. The van der Waals surface area contributed by atoms with E-state index in [0.717, 1.165) is 30.7 Å². The standard InChI is InChI=1S/C20H16ClN9O.H2S/c21-12-6-9-29-16(12)20(31)30(14-5-1-2-7-22-14)18(27-29)13-4-3-8-28(13)19-15-17(24-10-23-15)25-11-26-19;/h1-2,5-7,9-11,13H,3-4,8H2,(H,23,24,25,26);1H2/t13-;/m0./s1. The Morgan fingerprint density at radius 1 is 1.12 bits per heavy atom. The van der Waals surface area contributed by atoms with E-state index in [1.807, 2.05) is 12.1 Å². The molecule has 32 heavy (non-hydrogen) atoms. The van der Waals surface area contributed by atoms with Crippen LogP contribution < -0.4 is 10.5 Å². The third kappa shape index (κ3) is 3.04. The van der Waals surface area contributed by atoms with E-state index in [-0.39, 0.29) is 25.1 Å². The van der Waals surface area contributed by atoms with Crippen molar-refractivity contribution in [1.29, 1.82) is 0 Å². The van der Waals surface area contributed by atoms with Crippen LogP contribution in [0.25, 0.3) is 22.5 Å².